The quantitative estimate of drug-likeness (QED) is 0.545. The number of amides is 1. The van der Waals surface area contributed by atoms with E-state index >= 15 is 0 Å². The van der Waals surface area contributed by atoms with Crippen molar-refractivity contribution in [3.63, 3.8) is 0 Å². The molecule has 0 aromatic heterocycles. The lowest BCUT2D eigenvalue weighted by Crippen LogP contribution is -3.15. The van der Waals surface area contributed by atoms with E-state index < -0.39 is 0 Å². The lowest BCUT2D eigenvalue weighted by molar-refractivity contribution is -0.900. The highest BCUT2D eigenvalue weighted by Crippen LogP contribution is 2.12. The Kier molecular flexibility index (Phi) is 7.62. The van der Waals surface area contributed by atoms with E-state index in [-0.39, 0.29) is 5.91 Å². The summed E-state index contributed by atoms with van der Waals surface area (Å²) in [4.78, 5) is 16.2. The van der Waals surface area contributed by atoms with Crippen molar-refractivity contribution in [2.24, 2.45) is 5.10 Å². The van der Waals surface area contributed by atoms with Crippen LogP contribution in [0.3, 0.4) is 0 Å². The van der Waals surface area contributed by atoms with Crippen LogP contribution in [0.1, 0.15) is 31.7 Å². The predicted octanol–water partition coefficient (Wildman–Crippen LogP) is 2.10. The summed E-state index contributed by atoms with van der Waals surface area (Å²) in [5.74, 6) is 0.00234. The van der Waals surface area contributed by atoms with Gasteiger partial charge in [-0.1, -0.05) is 61.9 Å². The van der Waals surface area contributed by atoms with Crippen LogP contribution in [0.2, 0.25) is 0 Å². The Bertz CT molecular complexity index is 753. The minimum absolute atomic E-state index is 0.00234. The molecule has 148 valence electrons. The Morgan fingerprint density at radius 1 is 1.00 bits per heavy atom. The number of benzene rings is 2. The average molecular weight is 380 g/mol. The number of hydrazone groups is 1. The van der Waals surface area contributed by atoms with Gasteiger partial charge in [-0.25, -0.2) is 5.43 Å². The Hall–Kier alpha value is -2.66. The van der Waals surface area contributed by atoms with Crippen molar-refractivity contribution in [3.05, 3.63) is 66.2 Å². The summed E-state index contributed by atoms with van der Waals surface area (Å²) in [6.45, 7) is 7.19. The number of nitrogens with zero attached hydrogens (tertiary/aromatic N) is 2. The Balaban J connectivity index is 1.43. The van der Waals surface area contributed by atoms with Crippen LogP contribution in [0.25, 0.3) is 0 Å². The van der Waals surface area contributed by atoms with Crippen LogP contribution < -0.4 is 15.2 Å². The lowest BCUT2D eigenvalue weighted by Gasteiger charge is -2.33. The fourth-order valence-corrected chi connectivity index (χ4v) is 3.58. The van der Waals surface area contributed by atoms with Gasteiger partial charge in [-0.15, -0.1) is 0 Å². The number of para-hydroxylation sites is 1. The highest BCUT2D eigenvalue weighted by molar-refractivity contribution is 6.01. The largest absolute Gasteiger partial charge is 0.360 e. The third kappa shape index (κ3) is 5.92. The molecule has 5 nitrogen and oxygen atoms in total. The number of anilines is 1. The van der Waals surface area contributed by atoms with Crippen LogP contribution in [0.4, 0.5) is 5.69 Å². The van der Waals surface area contributed by atoms with E-state index in [1.54, 1.807) is 0 Å². The van der Waals surface area contributed by atoms with E-state index in [1.807, 2.05) is 30.3 Å². The van der Waals surface area contributed by atoms with Crippen LogP contribution in [-0.4, -0.2) is 44.3 Å². The Morgan fingerprint density at radius 2 is 1.64 bits per heavy atom. The second-order valence-electron chi connectivity index (χ2n) is 7.28. The van der Waals surface area contributed by atoms with Gasteiger partial charge in [0.25, 0.3) is 0 Å². The molecule has 0 spiro atoms. The fraction of sp³-hybridized carbons (Fsp3) is 0.391. The van der Waals surface area contributed by atoms with Gasteiger partial charge in [0.15, 0.2) is 0 Å². The molecule has 1 saturated heterocycles. The second-order valence-corrected chi connectivity index (χ2v) is 7.28. The normalized spacial score (nSPS) is 15.5. The summed E-state index contributed by atoms with van der Waals surface area (Å²) in [7, 11) is 0. The minimum atomic E-state index is 0.00234. The topological polar surface area (TPSA) is 49.1 Å². The molecule has 0 aliphatic carbocycles. The van der Waals surface area contributed by atoms with Gasteiger partial charge >= 0.3 is 0 Å². The molecule has 2 aromatic carbocycles. The molecular formula is C23H31N4O+. The van der Waals surface area contributed by atoms with Gasteiger partial charge in [0.2, 0.25) is 5.91 Å². The molecule has 3 rings (SSSR count). The van der Waals surface area contributed by atoms with Gasteiger partial charge in [-0.3, -0.25) is 4.79 Å². The molecule has 1 aliphatic heterocycles. The molecule has 0 atom stereocenters. The van der Waals surface area contributed by atoms with Gasteiger partial charge < -0.3 is 9.80 Å². The molecule has 1 amide bonds. The van der Waals surface area contributed by atoms with E-state index in [0.29, 0.717) is 6.42 Å². The molecule has 0 radical (unpaired) electrons. The molecular weight excluding hydrogens is 348 g/mol. The summed E-state index contributed by atoms with van der Waals surface area (Å²) in [5, 5.41) is 4.40. The standard InChI is InChI=1S/C23H30N4O/c1-2-9-22(20-10-5-3-6-11-20)24-25-23(28)14-15-26-16-18-27(19-17-26)21-12-7-4-8-13-21/h3-8,10-13H,2,9,14-19H2,1H3,(H,25,28)/p+1/b24-22-. The molecule has 0 saturated carbocycles. The molecule has 2 N–H and O–H groups in total. The predicted molar refractivity (Wildman–Crippen MR) is 115 cm³/mol. The summed E-state index contributed by atoms with van der Waals surface area (Å²) >= 11 is 0. The van der Waals surface area contributed by atoms with Crippen molar-refractivity contribution in [2.45, 2.75) is 26.2 Å². The number of hydrogen-bond donors (Lipinski definition) is 2. The van der Waals surface area contributed by atoms with Crippen LogP contribution in [0, 0.1) is 0 Å². The van der Waals surface area contributed by atoms with Gasteiger partial charge in [-0.05, 0) is 24.1 Å². The minimum Gasteiger partial charge on any atom is -0.360 e. The SMILES string of the molecule is CCC/C(=N/NC(=O)CC[NH+]1CCN(c2ccccc2)CC1)c1ccccc1. The number of nitrogens with one attached hydrogen (secondary N) is 2. The number of carbonyl (C=O) groups is 1. The number of quaternary nitrogens is 1. The van der Waals surface area contributed by atoms with Gasteiger partial charge in [0.05, 0.1) is 44.9 Å². The first kappa shape index (κ1) is 20.1. The smallest absolute Gasteiger partial charge is 0.245 e. The van der Waals surface area contributed by atoms with Crippen molar-refractivity contribution < 1.29 is 9.69 Å². The maximum absolute atomic E-state index is 12.3. The van der Waals surface area contributed by atoms with Crippen LogP contribution in [0.5, 0.6) is 0 Å². The van der Waals surface area contributed by atoms with Gasteiger partial charge in [-0.2, -0.15) is 5.10 Å². The first-order valence-corrected chi connectivity index (χ1v) is 10.3. The third-order valence-electron chi connectivity index (χ3n) is 5.21. The van der Waals surface area contributed by atoms with Crippen molar-refractivity contribution in [1.29, 1.82) is 0 Å². The van der Waals surface area contributed by atoms with Crippen molar-refractivity contribution in [1.82, 2.24) is 5.43 Å². The number of carbonyl (C=O) groups excluding carboxylic acids is 1. The van der Waals surface area contributed by atoms with E-state index in [2.05, 4.69) is 52.7 Å². The molecule has 5 heteroatoms. The molecule has 0 unspecified atom stereocenters. The van der Waals surface area contributed by atoms with E-state index in [9.17, 15) is 4.79 Å². The summed E-state index contributed by atoms with van der Waals surface area (Å²) in [6, 6.07) is 20.6. The maximum Gasteiger partial charge on any atom is 0.245 e. The zero-order valence-corrected chi connectivity index (χ0v) is 16.7. The van der Waals surface area contributed by atoms with E-state index in [0.717, 1.165) is 56.8 Å². The number of piperazine rings is 1. The van der Waals surface area contributed by atoms with Gasteiger partial charge in [0.1, 0.15) is 0 Å². The maximum atomic E-state index is 12.3. The van der Waals surface area contributed by atoms with Crippen LogP contribution >= 0.6 is 0 Å². The van der Waals surface area contributed by atoms with E-state index in [4.69, 9.17) is 0 Å². The zero-order chi connectivity index (χ0) is 19.6. The number of hydrogen-bond acceptors (Lipinski definition) is 3. The van der Waals surface area contributed by atoms with Crippen molar-refractivity contribution >= 4 is 17.3 Å². The highest BCUT2D eigenvalue weighted by Gasteiger charge is 2.20. The zero-order valence-electron chi connectivity index (χ0n) is 16.7. The highest BCUT2D eigenvalue weighted by atomic mass is 16.2. The van der Waals surface area contributed by atoms with E-state index in [1.165, 1.54) is 10.6 Å². The van der Waals surface area contributed by atoms with Crippen LogP contribution in [0.15, 0.2) is 65.8 Å². The second kappa shape index (κ2) is 10.6. The molecule has 1 aliphatic rings. The van der Waals surface area contributed by atoms with Gasteiger partial charge in [0, 0.05) is 5.69 Å². The first-order chi connectivity index (χ1) is 13.8. The third-order valence-corrected chi connectivity index (χ3v) is 5.21. The first-order valence-electron chi connectivity index (χ1n) is 10.3. The summed E-state index contributed by atoms with van der Waals surface area (Å²) in [5.41, 5.74) is 6.08. The monoisotopic (exact) mass is 379 g/mol. The number of rotatable bonds is 8. The Morgan fingerprint density at radius 3 is 2.29 bits per heavy atom. The van der Waals surface area contributed by atoms with Crippen molar-refractivity contribution in [3.8, 4) is 0 Å². The average Bonchev–Trinajstić information content (AvgIpc) is 2.77. The fourth-order valence-electron chi connectivity index (χ4n) is 3.58. The van der Waals surface area contributed by atoms with Crippen LogP contribution in [-0.2, 0) is 4.79 Å². The molecule has 1 heterocycles. The molecule has 0 bridgehead atoms. The molecule has 28 heavy (non-hydrogen) atoms. The summed E-state index contributed by atoms with van der Waals surface area (Å²) < 4.78 is 0. The molecule has 2 aromatic rings. The summed E-state index contributed by atoms with van der Waals surface area (Å²) in [6.07, 6.45) is 2.37. The van der Waals surface area contributed by atoms with Crippen molar-refractivity contribution in [2.75, 3.05) is 37.6 Å². The molecule has 1 fully saturated rings. The lowest BCUT2D eigenvalue weighted by atomic mass is 10.1. The Labute approximate surface area is 168 Å².